The van der Waals surface area contributed by atoms with Crippen LogP contribution < -0.4 is 5.32 Å². The number of benzene rings is 1. The van der Waals surface area contributed by atoms with Crippen molar-refractivity contribution in [3.05, 3.63) is 47.1 Å². The van der Waals surface area contributed by atoms with Crippen molar-refractivity contribution in [1.29, 1.82) is 0 Å². The summed E-state index contributed by atoms with van der Waals surface area (Å²) in [7, 11) is 0. The van der Waals surface area contributed by atoms with Crippen LogP contribution in [0.2, 0.25) is 5.02 Å². The molecule has 0 fully saturated rings. The van der Waals surface area contributed by atoms with Crippen LogP contribution in [-0.4, -0.2) is 21.1 Å². The van der Waals surface area contributed by atoms with Crippen LogP contribution in [0.15, 0.2) is 36.5 Å². The highest BCUT2D eigenvalue weighted by Gasteiger charge is 2.15. The summed E-state index contributed by atoms with van der Waals surface area (Å²) in [6.45, 7) is 0. The Kier molecular flexibility index (Phi) is 3.34. The SMILES string of the molecule is O=C(Nc1ncccc1Cl)c1cccc(O)c1O. The number of anilines is 1. The zero-order chi connectivity index (χ0) is 13.1. The molecule has 1 heterocycles. The zero-order valence-electron chi connectivity index (χ0n) is 9.09. The average molecular weight is 265 g/mol. The molecular weight excluding hydrogens is 256 g/mol. The number of aromatic hydroxyl groups is 2. The van der Waals surface area contributed by atoms with E-state index in [0.29, 0.717) is 0 Å². The van der Waals surface area contributed by atoms with E-state index >= 15 is 0 Å². The molecule has 0 unspecified atom stereocenters. The molecule has 92 valence electrons. The average Bonchev–Trinajstić information content (AvgIpc) is 2.35. The third-order valence-corrected chi connectivity index (χ3v) is 2.55. The molecule has 5 nitrogen and oxygen atoms in total. The van der Waals surface area contributed by atoms with Crippen LogP contribution in [0.1, 0.15) is 10.4 Å². The molecule has 0 saturated heterocycles. The molecule has 3 N–H and O–H groups in total. The van der Waals surface area contributed by atoms with Crippen molar-refractivity contribution < 1.29 is 15.0 Å². The number of carbonyl (C=O) groups is 1. The summed E-state index contributed by atoms with van der Waals surface area (Å²) >= 11 is 5.84. The first-order valence-corrected chi connectivity index (χ1v) is 5.40. The third-order valence-electron chi connectivity index (χ3n) is 2.25. The monoisotopic (exact) mass is 264 g/mol. The van der Waals surface area contributed by atoms with Crippen LogP contribution in [0.3, 0.4) is 0 Å². The lowest BCUT2D eigenvalue weighted by Crippen LogP contribution is -2.13. The summed E-state index contributed by atoms with van der Waals surface area (Å²) in [5.41, 5.74) is -0.0586. The number of phenolic OH excluding ortho intramolecular Hbond substituents is 2. The normalized spacial score (nSPS) is 10.1. The second kappa shape index (κ2) is 4.93. The maximum Gasteiger partial charge on any atom is 0.260 e. The summed E-state index contributed by atoms with van der Waals surface area (Å²) in [4.78, 5) is 15.7. The Morgan fingerprint density at radius 3 is 2.72 bits per heavy atom. The fourth-order valence-corrected chi connectivity index (χ4v) is 1.54. The maximum absolute atomic E-state index is 11.9. The van der Waals surface area contributed by atoms with E-state index in [9.17, 15) is 15.0 Å². The lowest BCUT2D eigenvalue weighted by Gasteiger charge is -2.07. The second-order valence-electron chi connectivity index (χ2n) is 3.46. The fourth-order valence-electron chi connectivity index (χ4n) is 1.37. The Hall–Kier alpha value is -2.27. The van der Waals surface area contributed by atoms with Crippen molar-refractivity contribution in [1.82, 2.24) is 4.98 Å². The van der Waals surface area contributed by atoms with E-state index in [2.05, 4.69) is 10.3 Å². The van der Waals surface area contributed by atoms with Gasteiger partial charge in [-0.3, -0.25) is 4.79 Å². The van der Waals surface area contributed by atoms with Crippen molar-refractivity contribution in [3.8, 4) is 11.5 Å². The molecule has 2 aromatic rings. The molecule has 0 aliphatic heterocycles. The number of halogens is 1. The predicted molar refractivity (Wildman–Crippen MR) is 67.0 cm³/mol. The highest BCUT2D eigenvalue weighted by atomic mass is 35.5. The molecule has 0 radical (unpaired) electrons. The number of nitrogens with zero attached hydrogens (tertiary/aromatic N) is 1. The van der Waals surface area contributed by atoms with Gasteiger partial charge >= 0.3 is 0 Å². The van der Waals surface area contributed by atoms with Crippen molar-refractivity contribution in [3.63, 3.8) is 0 Å². The first kappa shape index (κ1) is 12.2. The topological polar surface area (TPSA) is 82.5 Å². The highest BCUT2D eigenvalue weighted by molar-refractivity contribution is 6.33. The molecule has 1 aromatic carbocycles. The van der Waals surface area contributed by atoms with Crippen LogP contribution in [0.4, 0.5) is 5.82 Å². The van der Waals surface area contributed by atoms with Crippen LogP contribution in [0.5, 0.6) is 11.5 Å². The highest BCUT2D eigenvalue weighted by Crippen LogP contribution is 2.29. The number of pyridine rings is 1. The lowest BCUT2D eigenvalue weighted by atomic mass is 10.1. The Morgan fingerprint density at radius 1 is 1.22 bits per heavy atom. The standard InChI is InChI=1S/C12H9ClN2O3/c13-8-4-2-6-14-11(8)15-12(18)7-3-1-5-9(16)10(7)17/h1-6,16-17H,(H,14,15,18). The smallest absolute Gasteiger partial charge is 0.260 e. The van der Waals surface area contributed by atoms with Gasteiger partial charge in [-0.05, 0) is 24.3 Å². The largest absolute Gasteiger partial charge is 0.504 e. The van der Waals surface area contributed by atoms with E-state index in [1.807, 2.05) is 0 Å². The van der Waals surface area contributed by atoms with Gasteiger partial charge in [0.15, 0.2) is 17.3 Å². The van der Waals surface area contributed by atoms with E-state index in [1.54, 1.807) is 12.1 Å². The van der Waals surface area contributed by atoms with Gasteiger partial charge in [-0.15, -0.1) is 0 Å². The van der Waals surface area contributed by atoms with Crippen molar-refractivity contribution >= 4 is 23.3 Å². The van der Waals surface area contributed by atoms with Gasteiger partial charge in [0.2, 0.25) is 0 Å². The van der Waals surface area contributed by atoms with E-state index in [4.69, 9.17) is 11.6 Å². The van der Waals surface area contributed by atoms with Gasteiger partial charge in [0.05, 0.1) is 10.6 Å². The number of para-hydroxylation sites is 1. The molecule has 0 aliphatic rings. The first-order valence-electron chi connectivity index (χ1n) is 5.02. The van der Waals surface area contributed by atoms with E-state index < -0.39 is 11.7 Å². The summed E-state index contributed by atoms with van der Waals surface area (Å²) in [6.07, 6.45) is 1.48. The van der Waals surface area contributed by atoms with Crippen molar-refractivity contribution in [2.45, 2.75) is 0 Å². The maximum atomic E-state index is 11.9. The van der Waals surface area contributed by atoms with Crippen molar-refractivity contribution in [2.75, 3.05) is 5.32 Å². The summed E-state index contributed by atoms with van der Waals surface area (Å²) in [6, 6.07) is 7.31. The number of rotatable bonds is 2. The molecule has 1 amide bonds. The number of aromatic nitrogens is 1. The number of carbonyl (C=O) groups excluding carboxylic acids is 1. The lowest BCUT2D eigenvalue weighted by molar-refractivity contribution is 0.102. The minimum atomic E-state index is -0.607. The number of phenols is 2. The molecule has 0 spiro atoms. The van der Waals surface area contributed by atoms with E-state index in [-0.39, 0.29) is 22.2 Å². The number of hydrogen-bond donors (Lipinski definition) is 3. The summed E-state index contributed by atoms with van der Waals surface area (Å²) < 4.78 is 0. The van der Waals surface area contributed by atoms with Crippen LogP contribution in [0.25, 0.3) is 0 Å². The van der Waals surface area contributed by atoms with Crippen LogP contribution in [0, 0.1) is 0 Å². The Morgan fingerprint density at radius 2 is 2.00 bits per heavy atom. The quantitative estimate of drug-likeness (QED) is 0.728. The van der Waals surface area contributed by atoms with Crippen LogP contribution in [-0.2, 0) is 0 Å². The second-order valence-corrected chi connectivity index (χ2v) is 3.87. The number of hydrogen-bond acceptors (Lipinski definition) is 4. The molecule has 0 bridgehead atoms. The Balaban J connectivity index is 2.28. The molecule has 0 atom stereocenters. The first-order chi connectivity index (χ1) is 8.59. The van der Waals surface area contributed by atoms with Gasteiger partial charge < -0.3 is 15.5 Å². The Labute approximate surface area is 108 Å². The third kappa shape index (κ3) is 2.36. The van der Waals surface area contributed by atoms with Crippen LogP contribution >= 0.6 is 11.6 Å². The molecular formula is C12H9ClN2O3. The minimum Gasteiger partial charge on any atom is -0.504 e. The van der Waals surface area contributed by atoms with Gasteiger partial charge in [0.25, 0.3) is 5.91 Å². The molecule has 1 aromatic heterocycles. The predicted octanol–water partition coefficient (Wildman–Crippen LogP) is 2.40. The molecule has 2 rings (SSSR count). The number of nitrogens with one attached hydrogen (secondary N) is 1. The molecule has 18 heavy (non-hydrogen) atoms. The fraction of sp³-hybridized carbons (Fsp3) is 0. The minimum absolute atomic E-state index is 0.0586. The van der Waals surface area contributed by atoms with E-state index in [1.165, 1.54) is 24.4 Å². The van der Waals surface area contributed by atoms with E-state index in [0.717, 1.165) is 0 Å². The molecule has 6 heteroatoms. The van der Waals surface area contributed by atoms with Gasteiger partial charge in [-0.2, -0.15) is 0 Å². The number of amides is 1. The van der Waals surface area contributed by atoms with Gasteiger partial charge in [-0.1, -0.05) is 17.7 Å². The zero-order valence-corrected chi connectivity index (χ0v) is 9.85. The van der Waals surface area contributed by atoms with Crippen molar-refractivity contribution in [2.24, 2.45) is 0 Å². The molecule has 0 saturated carbocycles. The van der Waals surface area contributed by atoms with Gasteiger partial charge in [0, 0.05) is 6.20 Å². The Bertz CT molecular complexity index is 602. The summed E-state index contributed by atoms with van der Waals surface area (Å²) in [5, 5.41) is 21.6. The molecule has 0 aliphatic carbocycles. The van der Waals surface area contributed by atoms with Gasteiger partial charge in [-0.25, -0.2) is 4.98 Å². The summed E-state index contributed by atoms with van der Waals surface area (Å²) in [5.74, 6) is -1.27. The van der Waals surface area contributed by atoms with Gasteiger partial charge in [0.1, 0.15) is 0 Å².